The molecule has 20 heavy (non-hydrogen) atoms. The van der Waals surface area contributed by atoms with Crippen LogP contribution in [0, 0.1) is 11.7 Å². The predicted octanol–water partition coefficient (Wildman–Crippen LogP) is 2.81. The van der Waals surface area contributed by atoms with Crippen LogP contribution in [0.3, 0.4) is 0 Å². The average molecular weight is 280 g/mol. The highest BCUT2D eigenvalue weighted by molar-refractivity contribution is 5.78. The quantitative estimate of drug-likeness (QED) is 0.794. The third kappa shape index (κ3) is 4.93. The number of carbonyl (C=O) groups excluding carboxylic acids is 1. The number of amides is 1. The van der Waals surface area contributed by atoms with Crippen molar-refractivity contribution in [2.24, 2.45) is 5.92 Å². The lowest BCUT2D eigenvalue weighted by Crippen LogP contribution is -2.38. The van der Waals surface area contributed by atoms with Gasteiger partial charge in [-0.05, 0) is 19.5 Å². The fraction of sp³-hybridized carbons (Fsp3) is 0.562. The van der Waals surface area contributed by atoms with Gasteiger partial charge in [0.05, 0.1) is 0 Å². The minimum absolute atomic E-state index is 0.0797. The molecule has 0 spiro atoms. The number of carbonyl (C=O) groups is 1. The number of halogens is 1. The highest BCUT2D eigenvalue weighted by Gasteiger charge is 2.20. The lowest BCUT2D eigenvalue weighted by molar-refractivity contribution is -0.135. The molecule has 0 heterocycles. The van der Waals surface area contributed by atoms with E-state index < -0.39 is 0 Å². The first-order valence-electron chi connectivity index (χ1n) is 7.27. The maximum absolute atomic E-state index is 13.7. The molecule has 1 rings (SSSR count). The van der Waals surface area contributed by atoms with Gasteiger partial charge >= 0.3 is 0 Å². The van der Waals surface area contributed by atoms with E-state index in [4.69, 9.17) is 0 Å². The molecule has 3 nitrogen and oxygen atoms in total. The fourth-order valence-corrected chi connectivity index (χ4v) is 2.15. The molecule has 0 aliphatic heterocycles. The summed E-state index contributed by atoms with van der Waals surface area (Å²) >= 11 is 0. The number of unbranched alkanes of at least 4 members (excludes halogenated alkanes) is 1. The lowest BCUT2D eigenvalue weighted by atomic mass is 10.1. The molecule has 4 heteroatoms. The smallest absolute Gasteiger partial charge is 0.226 e. The Hall–Kier alpha value is -1.42. The Morgan fingerprint density at radius 2 is 2.10 bits per heavy atom. The van der Waals surface area contributed by atoms with Gasteiger partial charge in [0.15, 0.2) is 0 Å². The van der Waals surface area contributed by atoms with Crippen LogP contribution in [0.1, 0.15) is 32.3 Å². The van der Waals surface area contributed by atoms with E-state index in [0.717, 1.165) is 12.8 Å². The van der Waals surface area contributed by atoms with Crippen LogP contribution >= 0.6 is 0 Å². The fourth-order valence-electron chi connectivity index (χ4n) is 2.15. The van der Waals surface area contributed by atoms with E-state index in [-0.39, 0.29) is 17.6 Å². The maximum atomic E-state index is 13.7. The van der Waals surface area contributed by atoms with Crippen molar-refractivity contribution in [1.29, 1.82) is 0 Å². The molecule has 1 unspecified atom stereocenters. The van der Waals surface area contributed by atoms with Crippen molar-refractivity contribution < 1.29 is 9.18 Å². The van der Waals surface area contributed by atoms with Gasteiger partial charge in [0.25, 0.3) is 0 Å². The number of nitrogens with zero attached hydrogens (tertiary/aromatic N) is 1. The van der Waals surface area contributed by atoms with E-state index in [9.17, 15) is 9.18 Å². The zero-order chi connectivity index (χ0) is 15.0. The second kappa shape index (κ2) is 8.69. The van der Waals surface area contributed by atoms with Crippen LogP contribution in [0.4, 0.5) is 4.39 Å². The Morgan fingerprint density at radius 1 is 1.40 bits per heavy atom. The third-order valence-electron chi connectivity index (χ3n) is 3.34. The summed E-state index contributed by atoms with van der Waals surface area (Å²) in [6.45, 7) is 5.65. The average Bonchev–Trinajstić information content (AvgIpc) is 2.45. The summed E-state index contributed by atoms with van der Waals surface area (Å²) in [4.78, 5) is 14.2. The van der Waals surface area contributed by atoms with Crippen molar-refractivity contribution in [3.63, 3.8) is 0 Å². The Morgan fingerprint density at radius 3 is 2.70 bits per heavy atom. The Labute approximate surface area is 121 Å². The van der Waals surface area contributed by atoms with Crippen LogP contribution in [-0.2, 0) is 11.3 Å². The van der Waals surface area contributed by atoms with Gasteiger partial charge in [0.1, 0.15) is 5.82 Å². The van der Waals surface area contributed by atoms with E-state index in [0.29, 0.717) is 25.2 Å². The molecule has 0 fully saturated rings. The van der Waals surface area contributed by atoms with Gasteiger partial charge < -0.3 is 10.2 Å². The summed E-state index contributed by atoms with van der Waals surface area (Å²) in [5.74, 6) is -0.261. The first kappa shape index (κ1) is 16.6. The first-order valence-corrected chi connectivity index (χ1v) is 7.27. The maximum Gasteiger partial charge on any atom is 0.226 e. The molecule has 1 atom stereocenters. The van der Waals surface area contributed by atoms with Crippen LogP contribution in [-0.4, -0.2) is 30.9 Å². The van der Waals surface area contributed by atoms with Crippen molar-refractivity contribution in [3.05, 3.63) is 35.6 Å². The van der Waals surface area contributed by atoms with Gasteiger partial charge in [-0.25, -0.2) is 4.39 Å². The van der Waals surface area contributed by atoms with Crippen molar-refractivity contribution in [1.82, 2.24) is 10.2 Å². The Balaban J connectivity index is 2.78. The zero-order valence-electron chi connectivity index (χ0n) is 12.7. The zero-order valence-corrected chi connectivity index (χ0v) is 12.7. The third-order valence-corrected chi connectivity index (χ3v) is 3.34. The molecule has 1 amide bonds. The van der Waals surface area contributed by atoms with E-state index in [2.05, 4.69) is 12.2 Å². The van der Waals surface area contributed by atoms with Gasteiger partial charge in [0, 0.05) is 31.1 Å². The topological polar surface area (TPSA) is 32.3 Å². The SMILES string of the molecule is CCCCN(Cc1ccccc1F)C(=O)C(C)CNC. The molecular formula is C16H25FN2O. The molecule has 0 aliphatic rings. The van der Waals surface area contributed by atoms with Gasteiger partial charge in [0.2, 0.25) is 5.91 Å². The van der Waals surface area contributed by atoms with Gasteiger partial charge in [-0.3, -0.25) is 4.79 Å². The molecule has 0 saturated heterocycles. The van der Waals surface area contributed by atoms with Crippen molar-refractivity contribution in [2.45, 2.75) is 33.2 Å². The van der Waals surface area contributed by atoms with Crippen molar-refractivity contribution in [3.8, 4) is 0 Å². The minimum atomic E-state index is -0.247. The highest BCUT2D eigenvalue weighted by atomic mass is 19.1. The number of hydrogen-bond donors (Lipinski definition) is 1. The second-order valence-corrected chi connectivity index (χ2v) is 5.16. The van der Waals surface area contributed by atoms with E-state index in [1.165, 1.54) is 6.07 Å². The van der Waals surface area contributed by atoms with Gasteiger partial charge in [-0.2, -0.15) is 0 Å². The molecule has 0 aliphatic carbocycles. The van der Waals surface area contributed by atoms with Gasteiger partial charge in [-0.15, -0.1) is 0 Å². The summed E-state index contributed by atoms with van der Waals surface area (Å²) in [6, 6.07) is 6.65. The normalized spacial score (nSPS) is 12.2. The molecule has 0 radical (unpaired) electrons. The Kier molecular flexibility index (Phi) is 7.23. The molecule has 1 aromatic rings. The summed E-state index contributed by atoms with van der Waals surface area (Å²) in [5.41, 5.74) is 0.577. The predicted molar refractivity (Wildman–Crippen MR) is 79.8 cm³/mol. The van der Waals surface area contributed by atoms with Crippen molar-refractivity contribution >= 4 is 5.91 Å². The van der Waals surface area contributed by atoms with Crippen molar-refractivity contribution in [2.75, 3.05) is 20.1 Å². The molecule has 0 aromatic heterocycles. The summed E-state index contributed by atoms with van der Waals surface area (Å²) in [5, 5.41) is 3.01. The standard InChI is InChI=1S/C16H25FN2O/c1-4-5-10-19(16(20)13(2)11-18-3)12-14-8-6-7-9-15(14)17/h6-9,13,18H,4-5,10-12H2,1-3H3. The van der Waals surface area contributed by atoms with Crippen LogP contribution in [0.25, 0.3) is 0 Å². The summed E-state index contributed by atoms with van der Waals surface area (Å²) < 4.78 is 13.7. The lowest BCUT2D eigenvalue weighted by Gasteiger charge is -2.26. The van der Waals surface area contributed by atoms with Crippen LogP contribution in [0.15, 0.2) is 24.3 Å². The monoisotopic (exact) mass is 280 g/mol. The number of rotatable bonds is 8. The molecule has 0 bridgehead atoms. The molecule has 0 saturated carbocycles. The van der Waals surface area contributed by atoms with E-state index in [1.807, 2.05) is 14.0 Å². The number of benzene rings is 1. The van der Waals surface area contributed by atoms with E-state index in [1.54, 1.807) is 23.1 Å². The van der Waals surface area contributed by atoms with Crippen LogP contribution in [0.2, 0.25) is 0 Å². The first-order chi connectivity index (χ1) is 9.60. The van der Waals surface area contributed by atoms with Crippen LogP contribution in [0.5, 0.6) is 0 Å². The summed E-state index contributed by atoms with van der Waals surface area (Å²) in [6.07, 6.45) is 1.95. The Bertz CT molecular complexity index is 423. The number of nitrogens with one attached hydrogen (secondary N) is 1. The van der Waals surface area contributed by atoms with Gasteiger partial charge in [-0.1, -0.05) is 38.5 Å². The second-order valence-electron chi connectivity index (χ2n) is 5.16. The summed E-state index contributed by atoms with van der Waals surface area (Å²) in [7, 11) is 1.83. The molecular weight excluding hydrogens is 255 g/mol. The van der Waals surface area contributed by atoms with E-state index >= 15 is 0 Å². The number of hydrogen-bond acceptors (Lipinski definition) is 2. The largest absolute Gasteiger partial charge is 0.338 e. The molecule has 1 aromatic carbocycles. The minimum Gasteiger partial charge on any atom is -0.338 e. The molecule has 1 N–H and O–H groups in total. The van der Waals surface area contributed by atoms with Crippen LogP contribution < -0.4 is 5.32 Å². The molecule has 112 valence electrons. The highest BCUT2D eigenvalue weighted by Crippen LogP contribution is 2.13.